The van der Waals surface area contributed by atoms with E-state index in [1.165, 1.54) is 8.61 Å². The lowest BCUT2D eigenvalue weighted by molar-refractivity contribution is 0.589. The van der Waals surface area contributed by atoms with Crippen LogP contribution in [0.3, 0.4) is 0 Å². The average molecular weight is 696 g/mol. The van der Waals surface area contributed by atoms with Gasteiger partial charge in [-0.25, -0.2) is 25.4 Å². The molecule has 6 aromatic rings. The second-order valence-electron chi connectivity index (χ2n) is 11.5. The summed E-state index contributed by atoms with van der Waals surface area (Å²) in [5.41, 5.74) is 3.75. The van der Waals surface area contributed by atoms with Crippen LogP contribution in [0, 0.1) is 13.8 Å². The first-order valence-electron chi connectivity index (χ1n) is 15.3. The summed E-state index contributed by atoms with van der Waals surface area (Å²) < 4.78 is 62.6. The van der Waals surface area contributed by atoms with Gasteiger partial charge in [0.15, 0.2) is 0 Å². The molecule has 0 aliphatic heterocycles. The van der Waals surface area contributed by atoms with Crippen LogP contribution in [0.5, 0.6) is 0 Å². The Morgan fingerprint density at radius 1 is 0.500 bits per heavy atom. The van der Waals surface area contributed by atoms with Crippen LogP contribution < -0.4 is 8.61 Å². The molecule has 6 rings (SSSR count). The molecule has 1 heterocycles. The van der Waals surface area contributed by atoms with Gasteiger partial charge >= 0.3 is 0 Å². The van der Waals surface area contributed by atoms with Crippen molar-refractivity contribution in [3.05, 3.63) is 173 Å². The number of halogens is 1. The summed E-state index contributed by atoms with van der Waals surface area (Å²) in [6.45, 7) is 3.74. The Hall–Kier alpha value is -4.83. The molecule has 0 unspecified atom stereocenters. The number of hydrogen-bond acceptors (Lipinski definition) is 4. The van der Waals surface area contributed by atoms with Gasteiger partial charge < -0.3 is 0 Å². The summed E-state index contributed by atoms with van der Waals surface area (Å²) >= 11 is 6.83. The normalized spacial score (nSPS) is 11.7. The van der Waals surface area contributed by atoms with Crippen molar-refractivity contribution in [2.45, 2.75) is 36.7 Å². The van der Waals surface area contributed by atoms with Crippen molar-refractivity contribution in [1.29, 1.82) is 0 Å². The number of hydrogen-bond donors (Lipinski definition) is 0. The Morgan fingerprint density at radius 2 is 0.875 bits per heavy atom. The van der Waals surface area contributed by atoms with E-state index in [1.807, 2.05) is 74.5 Å². The quantitative estimate of drug-likeness (QED) is 0.136. The first kappa shape index (κ1) is 33.1. The third-order valence-corrected chi connectivity index (χ3v) is 11.8. The fraction of sp³-hybridized carbons (Fsp3) is 0.105. The smallest absolute Gasteiger partial charge is 0.265 e. The maximum absolute atomic E-state index is 14.6. The molecule has 0 saturated heterocycles. The van der Waals surface area contributed by atoms with Crippen molar-refractivity contribution in [3.63, 3.8) is 0 Å². The first-order valence-corrected chi connectivity index (χ1v) is 18.5. The van der Waals surface area contributed by atoms with Crippen molar-refractivity contribution >= 4 is 43.3 Å². The van der Waals surface area contributed by atoms with Crippen molar-refractivity contribution in [3.8, 4) is 5.69 Å². The van der Waals surface area contributed by atoms with Gasteiger partial charge in [0.2, 0.25) is 0 Å². The molecule has 0 radical (unpaired) electrons. The van der Waals surface area contributed by atoms with Crippen molar-refractivity contribution in [2.75, 3.05) is 8.61 Å². The zero-order chi connectivity index (χ0) is 33.9. The van der Waals surface area contributed by atoms with Crippen LogP contribution in [-0.2, 0) is 33.1 Å². The van der Waals surface area contributed by atoms with Crippen LogP contribution in [0.1, 0.15) is 22.3 Å². The maximum Gasteiger partial charge on any atom is 0.265 e. The number of sulfonamides is 2. The number of rotatable bonds is 11. The molecule has 0 aliphatic carbocycles. The summed E-state index contributed by atoms with van der Waals surface area (Å²) in [6.07, 6.45) is 0. The average Bonchev–Trinajstić information content (AvgIpc) is 3.51. The van der Waals surface area contributed by atoms with E-state index in [4.69, 9.17) is 11.6 Å². The van der Waals surface area contributed by atoms with Gasteiger partial charge in [0, 0.05) is 0 Å². The van der Waals surface area contributed by atoms with E-state index in [2.05, 4.69) is 0 Å². The Bertz CT molecular complexity index is 2100. The van der Waals surface area contributed by atoms with Gasteiger partial charge in [0.1, 0.15) is 11.6 Å². The molecule has 1 aromatic heterocycles. The largest absolute Gasteiger partial charge is 0.279 e. The number of anilines is 2. The Morgan fingerprint density at radius 3 is 1.27 bits per heavy atom. The van der Waals surface area contributed by atoms with Gasteiger partial charge in [0.25, 0.3) is 20.0 Å². The summed E-state index contributed by atoms with van der Waals surface area (Å²) in [6, 6.07) is 42.1. The molecule has 0 spiro atoms. The number of aryl methyl sites for hydroxylation is 2. The lowest BCUT2D eigenvalue weighted by Crippen LogP contribution is -2.35. The lowest BCUT2D eigenvalue weighted by atomic mass is 10.2. The lowest BCUT2D eigenvalue weighted by Gasteiger charge is -2.30. The molecule has 0 fully saturated rings. The zero-order valence-corrected chi connectivity index (χ0v) is 28.8. The van der Waals surface area contributed by atoms with E-state index in [0.717, 1.165) is 22.3 Å². The standard InChI is InChI=1S/C38H34ClN3O4S2/c1-29-17-21-33(22-18-29)47(43,44)40(27-31-11-5-3-6-12-31)37-25-26-38(42(37)36-16-10-9-15-35(36)39)41(28-32-13-7-4-8-14-32)48(45,46)34-23-19-30(2)20-24-34/h3-26H,27-28H2,1-2H3. The summed E-state index contributed by atoms with van der Waals surface area (Å²) in [5.74, 6) is 0.444. The Balaban J connectivity index is 1.63. The van der Waals surface area contributed by atoms with E-state index in [9.17, 15) is 16.8 Å². The molecule has 0 aliphatic rings. The van der Waals surface area contributed by atoms with Crippen molar-refractivity contribution < 1.29 is 16.8 Å². The van der Waals surface area contributed by atoms with Crippen LogP contribution in [-0.4, -0.2) is 21.4 Å². The molecular formula is C38H34ClN3O4S2. The molecule has 244 valence electrons. The fourth-order valence-corrected chi connectivity index (χ4v) is 8.54. The van der Waals surface area contributed by atoms with E-state index in [0.29, 0.717) is 10.7 Å². The highest BCUT2D eigenvalue weighted by Gasteiger charge is 2.34. The van der Waals surface area contributed by atoms with Gasteiger partial charge in [-0.05, 0) is 73.5 Å². The van der Waals surface area contributed by atoms with Crippen LogP contribution in [0.25, 0.3) is 5.69 Å². The molecule has 0 saturated carbocycles. The van der Waals surface area contributed by atoms with Crippen LogP contribution in [0.2, 0.25) is 5.02 Å². The minimum Gasteiger partial charge on any atom is -0.279 e. The monoisotopic (exact) mass is 695 g/mol. The molecule has 0 N–H and O–H groups in total. The second kappa shape index (κ2) is 13.7. The minimum atomic E-state index is -4.17. The van der Waals surface area contributed by atoms with Gasteiger partial charge in [-0.1, -0.05) is 120 Å². The molecule has 10 heteroatoms. The van der Waals surface area contributed by atoms with Gasteiger partial charge in [-0.15, -0.1) is 0 Å². The Labute approximate surface area is 287 Å². The highest BCUT2D eigenvalue weighted by molar-refractivity contribution is 7.93. The SMILES string of the molecule is Cc1ccc(S(=O)(=O)N(Cc2ccccc2)c2ccc(N(Cc3ccccc3)S(=O)(=O)c3ccc(C)cc3)n2-c2ccccc2Cl)cc1. The summed E-state index contributed by atoms with van der Waals surface area (Å²) in [7, 11) is -8.35. The number of benzene rings is 5. The van der Waals surface area contributed by atoms with Crippen LogP contribution in [0.4, 0.5) is 11.6 Å². The molecule has 5 aromatic carbocycles. The predicted molar refractivity (Wildman–Crippen MR) is 193 cm³/mol. The topological polar surface area (TPSA) is 79.7 Å². The zero-order valence-electron chi connectivity index (χ0n) is 26.4. The summed E-state index contributed by atoms with van der Waals surface area (Å²) in [5, 5.41) is 0.316. The van der Waals surface area contributed by atoms with Crippen LogP contribution in [0.15, 0.2) is 155 Å². The van der Waals surface area contributed by atoms with Crippen molar-refractivity contribution in [2.24, 2.45) is 0 Å². The molecule has 7 nitrogen and oxygen atoms in total. The van der Waals surface area contributed by atoms with Crippen molar-refractivity contribution in [1.82, 2.24) is 4.57 Å². The Kier molecular flexibility index (Phi) is 9.46. The molecule has 0 amide bonds. The molecule has 48 heavy (non-hydrogen) atoms. The number of para-hydroxylation sites is 1. The minimum absolute atomic E-state index is 0.0195. The van der Waals surface area contributed by atoms with E-state index < -0.39 is 20.0 Å². The molecular weight excluding hydrogens is 662 g/mol. The summed E-state index contributed by atoms with van der Waals surface area (Å²) in [4.78, 5) is 0.205. The van der Waals surface area contributed by atoms with Gasteiger partial charge in [-0.2, -0.15) is 0 Å². The molecule has 0 atom stereocenters. The highest BCUT2D eigenvalue weighted by Crippen LogP contribution is 2.39. The van der Waals surface area contributed by atoms with E-state index in [1.54, 1.807) is 89.5 Å². The molecule has 0 bridgehead atoms. The number of aromatic nitrogens is 1. The van der Waals surface area contributed by atoms with E-state index >= 15 is 0 Å². The first-order chi connectivity index (χ1) is 23.1. The number of nitrogens with zero attached hydrogens (tertiary/aromatic N) is 3. The van der Waals surface area contributed by atoms with Gasteiger partial charge in [0.05, 0.1) is 33.6 Å². The predicted octanol–water partition coefficient (Wildman–Crippen LogP) is 8.54. The third-order valence-electron chi connectivity index (χ3n) is 8.00. The third kappa shape index (κ3) is 6.75. The van der Waals surface area contributed by atoms with Gasteiger partial charge in [-0.3, -0.25) is 4.57 Å². The van der Waals surface area contributed by atoms with E-state index in [-0.39, 0.29) is 34.5 Å². The second-order valence-corrected chi connectivity index (χ2v) is 15.6. The highest BCUT2D eigenvalue weighted by atomic mass is 35.5. The maximum atomic E-state index is 14.6. The fourth-order valence-electron chi connectivity index (χ4n) is 5.44. The van der Waals surface area contributed by atoms with Crippen LogP contribution >= 0.6 is 11.6 Å².